The highest BCUT2D eigenvalue weighted by molar-refractivity contribution is 6.88. The Morgan fingerprint density at radius 1 is 0.923 bits per heavy atom. The summed E-state index contributed by atoms with van der Waals surface area (Å²) < 4.78 is 5.81. The number of aryl methyl sites for hydroxylation is 2. The van der Waals surface area contributed by atoms with E-state index in [2.05, 4.69) is 79.8 Å². The predicted molar refractivity (Wildman–Crippen MR) is 115 cm³/mol. The molecule has 0 fully saturated rings. The van der Waals surface area contributed by atoms with Crippen LogP contribution in [0.5, 0.6) is 5.75 Å². The van der Waals surface area contributed by atoms with Crippen molar-refractivity contribution < 1.29 is 9.52 Å². The van der Waals surface area contributed by atoms with E-state index in [0.29, 0.717) is 5.75 Å². The summed E-state index contributed by atoms with van der Waals surface area (Å²) in [4.78, 5) is 0. The van der Waals surface area contributed by atoms with Crippen LogP contribution in [0, 0.1) is 6.92 Å². The molecule has 0 saturated carbocycles. The number of aromatic hydroxyl groups is 1. The van der Waals surface area contributed by atoms with Crippen LogP contribution in [0.15, 0.2) is 28.9 Å². The fraction of sp³-hybridized carbons (Fsp3) is 0.565. The predicted octanol–water partition coefficient (Wildman–Crippen LogP) is 6.05. The number of rotatable bonds is 4. The topological polar surface area (TPSA) is 33.4 Å². The molecule has 1 N–H and O–H groups in total. The molecule has 0 aliphatic heterocycles. The summed E-state index contributed by atoms with van der Waals surface area (Å²) in [7, 11) is -1.61. The first-order chi connectivity index (χ1) is 11.7. The molecule has 0 amide bonds. The monoisotopic (exact) mass is 372 g/mol. The molecule has 0 saturated heterocycles. The lowest BCUT2D eigenvalue weighted by molar-refractivity contribution is 0.422. The maximum absolute atomic E-state index is 10.9. The highest BCUT2D eigenvalue weighted by atomic mass is 28.3. The first kappa shape index (κ1) is 20.8. The van der Waals surface area contributed by atoms with Crippen molar-refractivity contribution in [3.63, 3.8) is 0 Å². The smallest absolute Gasteiger partial charge is 0.126 e. The Morgan fingerprint density at radius 2 is 1.42 bits per heavy atom. The fourth-order valence-corrected chi connectivity index (χ4v) is 5.50. The van der Waals surface area contributed by atoms with Crippen molar-refractivity contribution >= 4 is 13.5 Å². The Labute approximate surface area is 160 Å². The van der Waals surface area contributed by atoms with E-state index in [1.165, 1.54) is 16.5 Å². The van der Waals surface area contributed by atoms with Crippen molar-refractivity contribution in [2.24, 2.45) is 0 Å². The number of phenolic OH excluding ortho intramolecular Hbond substituents is 1. The first-order valence-electron chi connectivity index (χ1n) is 9.64. The minimum Gasteiger partial charge on any atom is -0.507 e. The third-order valence-electron chi connectivity index (χ3n) is 5.22. The minimum atomic E-state index is -1.61. The Morgan fingerprint density at radius 3 is 1.81 bits per heavy atom. The summed E-state index contributed by atoms with van der Waals surface area (Å²) in [5, 5.41) is 12.1. The molecule has 0 spiro atoms. The lowest BCUT2D eigenvalue weighted by Gasteiger charge is -2.29. The largest absolute Gasteiger partial charge is 0.507 e. The van der Waals surface area contributed by atoms with Crippen LogP contribution in [0.4, 0.5) is 0 Å². The summed E-state index contributed by atoms with van der Waals surface area (Å²) in [6.45, 7) is 19.9. The van der Waals surface area contributed by atoms with Crippen LogP contribution in [0.25, 0.3) is 0 Å². The van der Waals surface area contributed by atoms with Gasteiger partial charge in [0.1, 0.15) is 13.8 Å². The van der Waals surface area contributed by atoms with Crippen molar-refractivity contribution in [3.8, 4) is 5.75 Å². The van der Waals surface area contributed by atoms with E-state index in [1.807, 2.05) is 6.26 Å². The Balaban J connectivity index is 2.37. The van der Waals surface area contributed by atoms with Crippen molar-refractivity contribution in [2.45, 2.75) is 84.9 Å². The summed E-state index contributed by atoms with van der Waals surface area (Å²) in [5.41, 5.74) is 4.47. The van der Waals surface area contributed by atoms with Gasteiger partial charge in [-0.25, -0.2) is 0 Å². The molecule has 0 unspecified atom stereocenters. The third-order valence-corrected chi connectivity index (χ3v) is 8.32. The summed E-state index contributed by atoms with van der Waals surface area (Å²) in [5.74, 6) is 0.465. The highest BCUT2D eigenvalue weighted by Crippen LogP contribution is 2.40. The second kappa shape index (κ2) is 6.92. The van der Waals surface area contributed by atoms with Gasteiger partial charge in [-0.2, -0.15) is 0 Å². The lowest BCUT2D eigenvalue weighted by atomic mass is 9.78. The van der Waals surface area contributed by atoms with Gasteiger partial charge >= 0.3 is 0 Å². The lowest BCUT2D eigenvalue weighted by Crippen LogP contribution is -2.40. The summed E-state index contributed by atoms with van der Waals surface area (Å²) in [6, 6.07) is 7.76. The van der Waals surface area contributed by atoms with Crippen LogP contribution in [0.1, 0.15) is 63.8 Å². The molecule has 0 aliphatic rings. The van der Waals surface area contributed by atoms with E-state index in [1.54, 1.807) is 0 Å². The number of benzene rings is 1. The zero-order valence-electron chi connectivity index (χ0n) is 18.1. The van der Waals surface area contributed by atoms with Crippen LogP contribution >= 0.6 is 0 Å². The fourth-order valence-electron chi connectivity index (χ4n) is 3.35. The molecule has 1 heterocycles. The zero-order valence-corrected chi connectivity index (χ0v) is 19.1. The zero-order chi connectivity index (χ0) is 19.9. The van der Waals surface area contributed by atoms with Crippen LogP contribution in [-0.2, 0) is 17.3 Å². The third kappa shape index (κ3) is 4.62. The van der Waals surface area contributed by atoms with Gasteiger partial charge in [-0.1, -0.05) is 66.8 Å². The summed E-state index contributed by atoms with van der Waals surface area (Å²) in [6.07, 6.45) is 2.88. The quantitative estimate of drug-likeness (QED) is 0.663. The van der Waals surface area contributed by atoms with Gasteiger partial charge in [0.25, 0.3) is 0 Å². The number of furan rings is 1. The average Bonchev–Trinajstić information content (AvgIpc) is 2.91. The molecule has 3 heteroatoms. The van der Waals surface area contributed by atoms with Gasteiger partial charge in [-0.3, -0.25) is 0 Å². The molecule has 0 bridgehead atoms. The molecular weight excluding hydrogens is 336 g/mol. The Hall–Kier alpha value is -1.48. The van der Waals surface area contributed by atoms with E-state index in [9.17, 15) is 5.11 Å². The van der Waals surface area contributed by atoms with Gasteiger partial charge < -0.3 is 9.52 Å². The normalized spacial score (nSPS) is 13.3. The molecule has 1 aromatic carbocycles. The number of phenols is 1. The highest BCUT2D eigenvalue weighted by Gasteiger charge is 2.29. The molecular formula is C23H36O2Si. The molecule has 2 rings (SSSR count). The Bertz CT molecular complexity index is 735. The average molecular weight is 373 g/mol. The van der Waals surface area contributed by atoms with E-state index < -0.39 is 8.07 Å². The van der Waals surface area contributed by atoms with Gasteiger partial charge in [-0.15, -0.1) is 0 Å². The van der Waals surface area contributed by atoms with Crippen molar-refractivity contribution in [1.29, 1.82) is 0 Å². The molecule has 26 heavy (non-hydrogen) atoms. The van der Waals surface area contributed by atoms with Gasteiger partial charge in [0.05, 0.1) is 11.6 Å². The van der Waals surface area contributed by atoms with Crippen LogP contribution < -0.4 is 5.38 Å². The van der Waals surface area contributed by atoms with Crippen molar-refractivity contribution in [2.75, 3.05) is 0 Å². The Kier molecular flexibility index (Phi) is 5.54. The molecule has 0 aliphatic carbocycles. The number of hydrogen-bond donors (Lipinski definition) is 1. The molecule has 144 valence electrons. The van der Waals surface area contributed by atoms with Crippen LogP contribution in [0.2, 0.25) is 19.1 Å². The summed E-state index contributed by atoms with van der Waals surface area (Å²) >= 11 is 0. The van der Waals surface area contributed by atoms with Crippen molar-refractivity contribution in [1.82, 2.24) is 0 Å². The van der Waals surface area contributed by atoms with Crippen LogP contribution in [-0.4, -0.2) is 13.2 Å². The minimum absolute atomic E-state index is 0.0782. The molecule has 2 aromatic rings. The van der Waals surface area contributed by atoms with E-state index in [-0.39, 0.29) is 10.8 Å². The van der Waals surface area contributed by atoms with Gasteiger partial charge in [0.2, 0.25) is 0 Å². The second-order valence-corrected chi connectivity index (χ2v) is 15.2. The van der Waals surface area contributed by atoms with E-state index >= 15 is 0 Å². The SMILES string of the molecule is Cc1coc([Si](C)(C)CCc2cc(C(C)(C)C)c(O)c(C(C)(C)C)c2)c1. The van der Waals surface area contributed by atoms with Crippen molar-refractivity contribution in [3.05, 3.63) is 46.7 Å². The van der Waals surface area contributed by atoms with E-state index in [4.69, 9.17) is 4.42 Å². The van der Waals surface area contributed by atoms with Gasteiger partial charge in [0, 0.05) is 0 Å². The number of hydrogen-bond acceptors (Lipinski definition) is 2. The molecule has 1 aromatic heterocycles. The maximum Gasteiger partial charge on any atom is 0.126 e. The van der Waals surface area contributed by atoms with Crippen LogP contribution in [0.3, 0.4) is 0 Å². The molecule has 0 radical (unpaired) electrons. The standard InChI is InChI=1S/C23H36O2Si/c1-16-12-20(25-15-16)26(8,9)11-10-17-13-18(22(2,3)4)21(24)19(14-17)23(5,6)7/h12-15,24H,10-11H2,1-9H3. The first-order valence-corrected chi connectivity index (χ1v) is 12.8. The molecule has 0 atom stereocenters. The van der Waals surface area contributed by atoms with Gasteiger partial charge in [0.15, 0.2) is 0 Å². The van der Waals surface area contributed by atoms with E-state index in [0.717, 1.165) is 23.6 Å². The maximum atomic E-state index is 10.9. The second-order valence-electron chi connectivity index (χ2n) is 10.4. The molecule has 2 nitrogen and oxygen atoms in total. The van der Waals surface area contributed by atoms with Gasteiger partial charge in [-0.05, 0) is 58.5 Å².